The molecule has 25 heavy (non-hydrogen) atoms. The number of rotatable bonds is 4. The molecule has 2 aliphatic carbocycles. The van der Waals surface area contributed by atoms with Gasteiger partial charge in [-0.25, -0.2) is 9.78 Å². The van der Waals surface area contributed by atoms with Gasteiger partial charge in [0.05, 0.1) is 12.7 Å². The lowest BCUT2D eigenvalue weighted by Crippen LogP contribution is -2.46. The lowest BCUT2D eigenvalue weighted by atomic mass is 9.84. The van der Waals surface area contributed by atoms with Gasteiger partial charge in [-0.15, -0.1) is 0 Å². The molecule has 2 saturated carbocycles. The third-order valence-corrected chi connectivity index (χ3v) is 5.74. The number of carbonyl (C=O) groups excluding carboxylic acids is 2. The topological polar surface area (TPSA) is 71.5 Å². The number of amides is 1. The Kier molecular flexibility index (Phi) is 4.36. The highest BCUT2D eigenvalue weighted by atomic mass is 16.5. The van der Waals surface area contributed by atoms with Crippen LogP contribution in [0.25, 0.3) is 0 Å². The van der Waals surface area contributed by atoms with Crippen molar-refractivity contribution in [3.8, 4) is 0 Å². The predicted octanol–water partition coefficient (Wildman–Crippen LogP) is 2.60. The summed E-state index contributed by atoms with van der Waals surface area (Å²) in [4.78, 5) is 31.5. The molecule has 4 rings (SSSR count). The van der Waals surface area contributed by atoms with E-state index >= 15 is 0 Å². The minimum absolute atomic E-state index is 0.102. The first-order valence-electron chi connectivity index (χ1n) is 9.30. The first-order valence-corrected chi connectivity index (χ1v) is 9.30. The summed E-state index contributed by atoms with van der Waals surface area (Å²) in [7, 11) is 1.40. The van der Waals surface area contributed by atoms with Gasteiger partial charge in [-0.3, -0.25) is 4.79 Å². The molecule has 0 bridgehead atoms. The van der Waals surface area contributed by atoms with Crippen LogP contribution in [-0.2, 0) is 9.53 Å². The number of nitrogens with one attached hydrogen (secondary N) is 1. The van der Waals surface area contributed by atoms with E-state index in [1.54, 1.807) is 11.1 Å². The van der Waals surface area contributed by atoms with E-state index in [1.807, 2.05) is 12.1 Å². The zero-order valence-corrected chi connectivity index (χ0v) is 14.6. The number of fused-ring (bicyclic) bond motifs is 1. The summed E-state index contributed by atoms with van der Waals surface area (Å²) in [5.74, 6) is 0.809. The monoisotopic (exact) mass is 343 g/mol. The molecule has 1 aromatic rings. The van der Waals surface area contributed by atoms with Crippen molar-refractivity contribution >= 4 is 17.7 Å². The molecule has 2 heterocycles. The molecule has 1 amide bonds. The molecule has 3 aliphatic rings. The van der Waals surface area contributed by atoms with Crippen molar-refractivity contribution in [2.75, 3.05) is 12.4 Å². The molecule has 0 radical (unpaired) electrons. The number of methoxy groups -OCH3 is 1. The van der Waals surface area contributed by atoms with E-state index in [4.69, 9.17) is 4.74 Å². The summed E-state index contributed by atoms with van der Waals surface area (Å²) < 4.78 is 4.97. The highest BCUT2D eigenvalue weighted by Crippen LogP contribution is 2.40. The molecule has 6 nitrogen and oxygen atoms in total. The molecule has 134 valence electrons. The Morgan fingerprint density at radius 1 is 1.20 bits per heavy atom. The van der Waals surface area contributed by atoms with E-state index in [0.29, 0.717) is 17.5 Å². The molecule has 1 aliphatic heterocycles. The van der Waals surface area contributed by atoms with Crippen LogP contribution in [0.5, 0.6) is 0 Å². The zero-order chi connectivity index (χ0) is 17.4. The number of ether oxygens (including phenoxy) is 1. The van der Waals surface area contributed by atoms with Gasteiger partial charge in [-0.05, 0) is 50.2 Å². The number of hydrogen-bond donors (Lipinski definition) is 1. The van der Waals surface area contributed by atoms with Crippen LogP contribution in [-0.4, -0.2) is 47.0 Å². The Labute approximate surface area is 147 Å². The Morgan fingerprint density at radius 3 is 2.68 bits per heavy atom. The van der Waals surface area contributed by atoms with E-state index in [-0.39, 0.29) is 17.9 Å². The molecule has 6 heteroatoms. The van der Waals surface area contributed by atoms with Gasteiger partial charge in [0.15, 0.2) is 0 Å². The molecule has 1 aromatic heterocycles. The van der Waals surface area contributed by atoms with Gasteiger partial charge in [0.1, 0.15) is 11.9 Å². The fourth-order valence-corrected chi connectivity index (χ4v) is 4.29. The number of nitrogens with zero attached hydrogens (tertiary/aromatic N) is 2. The normalized spacial score (nSPS) is 28.4. The number of esters is 1. The maximum Gasteiger partial charge on any atom is 0.328 e. The predicted molar refractivity (Wildman–Crippen MR) is 93.2 cm³/mol. The molecule has 0 aromatic carbocycles. The van der Waals surface area contributed by atoms with Crippen LogP contribution >= 0.6 is 0 Å². The summed E-state index contributed by atoms with van der Waals surface area (Å²) in [5.41, 5.74) is 0.543. The number of aromatic nitrogens is 1. The van der Waals surface area contributed by atoms with Gasteiger partial charge >= 0.3 is 5.97 Å². The maximum atomic E-state index is 13.1. The number of carbonyl (C=O) groups is 2. The summed E-state index contributed by atoms with van der Waals surface area (Å²) in [5, 5.41) is 3.32. The van der Waals surface area contributed by atoms with Crippen LogP contribution in [0.15, 0.2) is 18.3 Å². The van der Waals surface area contributed by atoms with Crippen LogP contribution in [0.3, 0.4) is 0 Å². The van der Waals surface area contributed by atoms with Crippen LogP contribution in [0.1, 0.15) is 55.3 Å². The van der Waals surface area contributed by atoms with Crippen LogP contribution in [0.4, 0.5) is 5.82 Å². The van der Waals surface area contributed by atoms with E-state index in [2.05, 4.69) is 10.3 Å². The quantitative estimate of drug-likeness (QED) is 0.851. The largest absolute Gasteiger partial charge is 0.467 e. The standard InChI is InChI=1S/C19H25N3O3/c1-25-19(24)16-10-12-4-2-3-5-15(12)22(16)18(23)13-6-9-17(20-11-13)21-14-7-8-14/h6,9,11-12,14-16H,2-5,7-8,10H2,1H3,(H,20,21)/t12-,15+,16+/m1/s1. The first-order chi connectivity index (χ1) is 12.2. The van der Waals surface area contributed by atoms with Crippen LogP contribution in [0, 0.1) is 5.92 Å². The van der Waals surface area contributed by atoms with Gasteiger partial charge < -0.3 is 15.0 Å². The summed E-state index contributed by atoms with van der Waals surface area (Å²) >= 11 is 0. The Hall–Kier alpha value is -2.11. The molecule has 0 spiro atoms. The van der Waals surface area contributed by atoms with E-state index in [0.717, 1.165) is 31.5 Å². The number of likely N-dealkylation sites (tertiary alicyclic amines) is 1. The molecule has 3 fully saturated rings. The van der Waals surface area contributed by atoms with Crippen molar-refractivity contribution in [3.63, 3.8) is 0 Å². The van der Waals surface area contributed by atoms with E-state index in [1.165, 1.54) is 26.4 Å². The molecule has 0 unspecified atom stereocenters. The van der Waals surface area contributed by atoms with Crippen molar-refractivity contribution in [2.24, 2.45) is 5.92 Å². The van der Waals surface area contributed by atoms with Crippen LogP contribution in [0.2, 0.25) is 0 Å². The second kappa shape index (κ2) is 6.65. The fraction of sp³-hybridized carbons (Fsp3) is 0.632. The van der Waals surface area contributed by atoms with Crippen molar-refractivity contribution in [1.82, 2.24) is 9.88 Å². The van der Waals surface area contributed by atoms with Gasteiger partial charge in [-0.1, -0.05) is 12.8 Å². The number of hydrogen-bond acceptors (Lipinski definition) is 5. The number of pyridine rings is 1. The second-order valence-electron chi connectivity index (χ2n) is 7.45. The average Bonchev–Trinajstić information content (AvgIpc) is 3.37. The van der Waals surface area contributed by atoms with Gasteiger partial charge in [-0.2, -0.15) is 0 Å². The zero-order valence-electron chi connectivity index (χ0n) is 14.6. The molecule has 1 saturated heterocycles. The molecule has 1 N–H and O–H groups in total. The lowest BCUT2D eigenvalue weighted by molar-refractivity contribution is -0.145. The van der Waals surface area contributed by atoms with Crippen molar-refractivity contribution in [3.05, 3.63) is 23.9 Å². The highest BCUT2D eigenvalue weighted by Gasteiger charge is 2.48. The summed E-state index contributed by atoms with van der Waals surface area (Å²) in [6.45, 7) is 0. The second-order valence-corrected chi connectivity index (χ2v) is 7.45. The molecular weight excluding hydrogens is 318 g/mol. The highest BCUT2D eigenvalue weighted by molar-refractivity contribution is 5.97. The minimum Gasteiger partial charge on any atom is -0.467 e. The maximum absolute atomic E-state index is 13.1. The van der Waals surface area contributed by atoms with Crippen molar-refractivity contribution in [2.45, 2.75) is 63.1 Å². The third kappa shape index (κ3) is 3.22. The van der Waals surface area contributed by atoms with E-state index < -0.39 is 6.04 Å². The average molecular weight is 343 g/mol. The van der Waals surface area contributed by atoms with Crippen molar-refractivity contribution in [1.29, 1.82) is 0 Å². The van der Waals surface area contributed by atoms with Gasteiger partial charge in [0.25, 0.3) is 5.91 Å². The first kappa shape index (κ1) is 16.4. The van der Waals surface area contributed by atoms with E-state index in [9.17, 15) is 9.59 Å². The Bertz CT molecular complexity index is 656. The summed E-state index contributed by atoms with van der Waals surface area (Å²) in [6, 6.07) is 3.88. The lowest BCUT2D eigenvalue weighted by Gasteiger charge is -2.33. The molecule has 3 atom stereocenters. The fourth-order valence-electron chi connectivity index (χ4n) is 4.29. The number of anilines is 1. The SMILES string of the molecule is COC(=O)[C@@H]1C[C@H]2CCCC[C@@H]2N1C(=O)c1ccc(NC2CC2)nc1. The third-order valence-electron chi connectivity index (χ3n) is 5.74. The smallest absolute Gasteiger partial charge is 0.328 e. The Morgan fingerprint density at radius 2 is 2.00 bits per heavy atom. The van der Waals surface area contributed by atoms with Gasteiger partial charge in [0.2, 0.25) is 0 Å². The van der Waals surface area contributed by atoms with Crippen molar-refractivity contribution < 1.29 is 14.3 Å². The van der Waals surface area contributed by atoms with Gasteiger partial charge in [0, 0.05) is 18.3 Å². The molecular formula is C19H25N3O3. The Balaban J connectivity index is 1.55. The summed E-state index contributed by atoms with van der Waals surface area (Å²) in [6.07, 6.45) is 9.06. The minimum atomic E-state index is -0.463. The van der Waals surface area contributed by atoms with Crippen LogP contribution < -0.4 is 5.32 Å².